The van der Waals surface area contributed by atoms with Gasteiger partial charge in [0.05, 0.1) is 11.3 Å². The molecule has 1 aliphatic carbocycles. The van der Waals surface area contributed by atoms with Crippen molar-refractivity contribution >= 4 is 39.4 Å². The average Bonchev–Trinajstić information content (AvgIpc) is 3.35. The number of ketones is 1. The van der Waals surface area contributed by atoms with Crippen molar-refractivity contribution in [2.45, 2.75) is 108 Å². The van der Waals surface area contributed by atoms with Crippen LogP contribution in [0.2, 0.25) is 0 Å². The first-order valence-corrected chi connectivity index (χ1v) is 16.3. The highest BCUT2D eigenvalue weighted by Gasteiger charge is 2.47. The third-order valence-corrected chi connectivity index (χ3v) is 8.91. The minimum Gasteiger partial charge on any atom is -0.444 e. The number of ether oxygens (including phenoxy) is 1. The van der Waals surface area contributed by atoms with Crippen molar-refractivity contribution in [1.29, 1.82) is 0 Å². The van der Waals surface area contributed by atoms with Gasteiger partial charge in [0, 0.05) is 19.3 Å². The Balaban J connectivity index is 2.36. The Morgan fingerprint density at radius 1 is 1.07 bits per heavy atom. The van der Waals surface area contributed by atoms with E-state index < -0.39 is 68.4 Å². The lowest BCUT2D eigenvalue weighted by Crippen LogP contribution is -2.58. The van der Waals surface area contributed by atoms with Gasteiger partial charge in [-0.15, -0.1) is 6.58 Å². The van der Waals surface area contributed by atoms with E-state index in [-0.39, 0.29) is 31.8 Å². The van der Waals surface area contributed by atoms with Gasteiger partial charge < -0.3 is 25.6 Å². The van der Waals surface area contributed by atoms with Crippen LogP contribution in [-0.2, 0) is 33.8 Å². The Morgan fingerprint density at radius 2 is 1.71 bits per heavy atom. The minimum atomic E-state index is -3.64. The molecule has 41 heavy (non-hydrogen) atoms. The predicted octanol–water partition coefficient (Wildman–Crippen LogP) is 1.63. The topological polar surface area (TPSA) is 168 Å². The molecule has 0 aromatic carbocycles. The molecule has 2 unspecified atom stereocenters. The first-order chi connectivity index (χ1) is 19.1. The molecule has 0 aromatic rings. The lowest BCUT2D eigenvalue weighted by atomic mass is 9.83. The first kappa shape index (κ1) is 34.2. The Morgan fingerprint density at radius 3 is 2.24 bits per heavy atom. The van der Waals surface area contributed by atoms with Crippen molar-refractivity contribution in [1.82, 2.24) is 20.9 Å². The van der Waals surface area contributed by atoms with Crippen LogP contribution in [-0.4, -0.2) is 91.2 Å². The van der Waals surface area contributed by atoms with E-state index in [1.54, 1.807) is 27.7 Å². The zero-order valence-electron chi connectivity index (χ0n) is 24.9. The number of hydrogen-bond acceptors (Lipinski definition) is 8. The van der Waals surface area contributed by atoms with E-state index in [1.165, 1.54) is 11.0 Å². The molecule has 4 atom stereocenters. The van der Waals surface area contributed by atoms with Gasteiger partial charge in [0.25, 0.3) is 5.91 Å². The largest absolute Gasteiger partial charge is 0.444 e. The third kappa shape index (κ3) is 10.1. The van der Waals surface area contributed by atoms with Gasteiger partial charge in [-0.05, 0) is 52.4 Å². The number of rotatable bonds is 12. The van der Waals surface area contributed by atoms with Crippen LogP contribution < -0.4 is 16.0 Å². The smallest absolute Gasteiger partial charge is 0.408 e. The zero-order valence-corrected chi connectivity index (χ0v) is 25.7. The van der Waals surface area contributed by atoms with Crippen molar-refractivity contribution in [3.8, 4) is 0 Å². The Bertz CT molecular complexity index is 1090. The standard InChI is InChI=1S/C28H46N4O8S/c1-7-12-20(23(33)25(35)29-15-8-2)30-24(34)21-16-19(41(6,38)39)17-32(21)26(36)22(18-13-10-9-11-14-18)31-27(37)40-28(3,4)5/h8,18-22H,2,7,9-17H2,1,3-6H3,(H,29,35)(H,30,34)(H,31,37)/t19?,20?,21-,22+/m1/s1. The van der Waals surface area contributed by atoms with Gasteiger partial charge in [0.15, 0.2) is 9.84 Å². The van der Waals surface area contributed by atoms with Crippen LogP contribution in [0.4, 0.5) is 4.79 Å². The second-order valence-corrected chi connectivity index (χ2v) is 14.3. The maximum Gasteiger partial charge on any atom is 0.408 e. The molecule has 1 heterocycles. The maximum absolute atomic E-state index is 14.0. The van der Waals surface area contributed by atoms with E-state index >= 15 is 0 Å². The number of amides is 4. The monoisotopic (exact) mass is 598 g/mol. The summed E-state index contributed by atoms with van der Waals surface area (Å²) in [6.07, 6.45) is 6.27. The molecule has 2 fully saturated rings. The normalized spacial score (nSPS) is 21.3. The summed E-state index contributed by atoms with van der Waals surface area (Å²) in [6.45, 7) is 10.2. The Labute approximate surface area is 243 Å². The van der Waals surface area contributed by atoms with Crippen LogP contribution in [0.25, 0.3) is 0 Å². The van der Waals surface area contributed by atoms with Crippen LogP contribution in [0.5, 0.6) is 0 Å². The summed E-state index contributed by atoms with van der Waals surface area (Å²) < 4.78 is 30.4. The molecule has 1 saturated carbocycles. The van der Waals surface area contributed by atoms with Crippen molar-refractivity contribution in [2.24, 2.45) is 5.92 Å². The van der Waals surface area contributed by atoms with Crippen molar-refractivity contribution in [3.63, 3.8) is 0 Å². The fourth-order valence-corrected chi connectivity index (χ4v) is 6.26. The van der Waals surface area contributed by atoms with Crippen LogP contribution in [0.1, 0.15) is 79.1 Å². The molecule has 232 valence electrons. The maximum atomic E-state index is 14.0. The van der Waals surface area contributed by atoms with Crippen molar-refractivity contribution in [2.75, 3.05) is 19.3 Å². The molecule has 0 radical (unpaired) electrons. The predicted molar refractivity (Wildman–Crippen MR) is 154 cm³/mol. The SMILES string of the molecule is C=CCNC(=O)C(=O)C(CCC)NC(=O)[C@H]1CC(S(C)(=O)=O)CN1C(=O)[C@@H](NC(=O)OC(C)(C)C)C1CCCCC1. The van der Waals surface area contributed by atoms with Crippen LogP contribution in [0, 0.1) is 5.92 Å². The van der Waals surface area contributed by atoms with E-state index in [0.717, 1.165) is 25.5 Å². The summed E-state index contributed by atoms with van der Waals surface area (Å²) in [4.78, 5) is 66.6. The minimum absolute atomic E-state index is 0.0749. The van der Waals surface area contributed by atoms with Gasteiger partial charge in [-0.25, -0.2) is 13.2 Å². The molecule has 1 aliphatic heterocycles. The van der Waals surface area contributed by atoms with Gasteiger partial charge >= 0.3 is 6.09 Å². The number of hydrogen-bond donors (Lipinski definition) is 3. The quantitative estimate of drug-likeness (QED) is 0.225. The number of nitrogens with one attached hydrogen (secondary N) is 3. The van der Waals surface area contributed by atoms with E-state index in [0.29, 0.717) is 19.3 Å². The molecule has 2 aliphatic rings. The highest BCUT2D eigenvalue weighted by molar-refractivity contribution is 7.91. The second kappa shape index (κ2) is 14.8. The summed E-state index contributed by atoms with van der Waals surface area (Å²) in [5.41, 5.74) is -0.805. The van der Waals surface area contributed by atoms with E-state index in [1.807, 2.05) is 0 Å². The van der Waals surface area contributed by atoms with Gasteiger partial charge in [-0.1, -0.05) is 38.7 Å². The lowest BCUT2D eigenvalue weighted by molar-refractivity contribution is -0.143. The second-order valence-electron chi connectivity index (χ2n) is 11.9. The Kier molecular flexibility index (Phi) is 12.3. The molecule has 13 heteroatoms. The highest BCUT2D eigenvalue weighted by Crippen LogP contribution is 2.31. The van der Waals surface area contributed by atoms with E-state index in [4.69, 9.17) is 4.74 Å². The number of nitrogens with zero attached hydrogens (tertiary/aromatic N) is 1. The van der Waals surface area contributed by atoms with Gasteiger partial charge in [0.1, 0.15) is 17.7 Å². The van der Waals surface area contributed by atoms with E-state index in [9.17, 15) is 32.4 Å². The number of likely N-dealkylation sites (tertiary alicyclic amines) is 1. The number of carbonyl (C=O) groups excluding carboxylic acids is 5. The molecule has 4 amide bonds. The third-order valence-electron chi connectivity index (χ3n) is 7.35. The Hall–Kier alpha value is -2.96. The summed E-state index contributed by atoms with van der Waals surface area (Å²) in [5, 5.41) is 6.68. The average molecular weight is 599 g/mol. The van der Waals surface area contributed by atoms with Gasteiger partial charge in [0.2, 0.25) is 17.6 Å². The van der Waals surface area contributed by atoms with Crippen molar-refractivity contribution in [3.05, 3.63) is 12.7 Å². The first-order valence-electron chi connectivity index (χ1n) is 14.3. The summed E-state index contributed by atoms with van der Waals surface area (Å²) in [5.74, 6) is -3.24. The van der Waals surface area contributed by atoms with Crippen molar-refractivity contribution < 1.29 is 37.1 Å². The van der Waals surface area contributed by atoms with Crippen LogP contribution >= 0.6 is 0 Å². The lowest BCUT2D eigenvalue weighted by Gasteiger charge is -2.35. The summed E-state index contributed by atoms with van der Waals surface area (Å²) in [7, 11) is -3.64. The fourth-order valence-electron chi connectivity index (χ4n) is 5.30. The molecule has 0 aromatic heterocycles. The number of carbonyl (C=O) groups is 5. The molecular formula is C28H46N4O8S. The van der Waals surface area contributed by atoms with E-state index in [2.05, 4.69) is 22.5 Å². The molecule has 3 N–H and O–H groups in total. The summed E-state index contributed by atoms with van der Waals surface area (Å²) >= 11 is 0. The number of alkyl carbamates (subject to hydrolysis) is 1. The van der Waals surface area contributed by atoms with Crippen LogP contribution in [0.15, 0.2) is 12.7 Å². The molecule has 0 spiro atoms. The zero-order chi connectivity index (χ0) is 31.0. The van der Waals surface area contributed by atoms with Gasteiger partial charge in [-0.3, -0.25) is 19.2 Å². The summed E-state index contributed by atoms with van der Waals surface area (Å²) in [6, 6.07) is -3.38. The molecular weight excluding hydrogens is 552 g/mol. The molecule has 2 rings (SSSR count). The molecule has 1 saturated heterocycles. The molecule has 0 bridgehead atoms. The van der Waals surface area contributed by atoms with Crippen LogP contribution in [0.3, 0.4) is 0 Å². The number of sulfone groups is 1. The highest BCUT2D eigenvalue weighted by atomic mass is 32.2. The molecule has 12 nitrogen and oxygen atoms in total. The van der Waals surface area contributed by atoms with Gasteiger partial charge in [-0.2, -0.15) is 0 Å². The number of Topliss-reactive ketones (excluding diaryl/α,β-unsaturated/α-hetero) is 1. The fraction of sp³-hybridized carbons (Fsp3) is 0.750.